The summed E-state index contributed by atoms with van der Waals surface area (Å²) in [6.45, 7) is 7.59. The summed E-state index contributed by atoms with van der Waals surface area (Å²) in [7, 11) is 0. The minimum Gasteiger partial charge on any atom is -0.337 e. The van der Waals surface area contributed by atoms with E-state index in [2.05, 4.69) is 23.7 Å². The number of aromatic nitrogens is 1. The lowest BCUT2D eigenvalue weighted by molar-refractivity contribution is 0.00893. The number of pyridine rings is 1. The Bertz CT molecular complexity index is 570. The van der Waals surface area contributed by atoms with E-state index in [1.54, 1.807) is 4.90 Å². The van der Waals surface area contributed by atoms with Crippen LogP contribution < -0.4 is 0 Å². The van der Waals surface area contributed by atoms with E-state index in [9.17, 15) is 13.6 Å². The maximum Gasteiger partial charge on any atom is 0.257 e. The van der Waals surface area contributed by atoms with Crippen LogP contribution in [0.25, 0.3) is 0 Å². The van der Waals surface area contributed by atoms with Gasteiger partial charge >= 0.3 is 0 Å². The van der Waals surface area contributed by atoms with Gasteiger partial charge in [-0.3, -0.25) is 4.79 Å². The van der Waals surface area contributed by atoms with Crippen molar-refractivity contribution in [1.82, 2.24) is 14.8 Å². The third-order valence-electron chi connectivity index (χ3n) is 4.59. The van der Waals surface area contributed by atoms with Crippen LogP contribution in [0.5, 0.6) is 0 Å². The first-order valence-corrected chi connectivity index (χ1v) is 7.25. The van der Waals surface area contributed by atoms with E-state index in [4.69, 9.17) is 0 Å². The molecule has 2 fully saturated rings. The van der Waals surface area contributed by atoms with Gasteiger partial charge in [0.1, 0.15) is 0 Å². The zero-order valence-corrected chi connectivity index (χ0v) is 12.3. The van der Waals surface area contributed by atoms with E-state index >= 15 is 0 Å². The number of carbonyl (C=O) groups excluding carboxylic acids is 1. The molecular formula is C15H19F2N3O. The van der Waals surface area contributed by atoms with Crippen molar-refractivity contribution >= 4 is 5.91 Å². The van der Waals surface area contributed by atoms with Crippen molar-refractivity contribution in [3.05, 3.63) is 29.6 Å². The molecule has 0 saturated carbocycles. The monoisotopic (exact) mass is 295 g/mol. The molecule has 3 heterocycles. The van der Waals surface area contributed by atoms with Crippen molar-refractivity contribution in [1.29, 1.82) is 0 Å². The molecule has 1 amide bonds. The number of hydrogen-bond acceptors (Lipinski definition) is 3. The van der Waals surface area contributed by atoms with Gasteiger partial charge in [0, 0.05) is 37.2 Å². The highest BCUT2D eigenvalue weighted by atomic mass is 19.1. The predicted octanol–water partition coefficient (Wildman–Crippen LogP) is 1.92. The Hall–Kier alpha value is -1.56. The summed E-state index contributed by atoms with van der Waals surface area (Å²) in [5, 5.41) is 0. The molecule has 0 atom stereocenters. The predicted molar refractivity (Wildman–Crippen MR) is 73.8 cm³/mol. The SMILES string of the molecule is CC(C)N1CCC2(CN(C(=O)c3cc(F)ncc3F)C2)C1. The summed E-state index contributed by atoms with van der Waals surface area (Å²) in [6.07, 6.45) is 1.82. The Balaban J connectivity index is 1.66. The highest BCUT2D eigenvalue weighted by Crippen LogP contribution is 2.40. The highest BCUT2D eigenvalue weighted by molar-refractivity contribution is 5.95. The average molecular weight is 295 g/mol. The first kappa shape index (κ1) is 14.4. The largest absolute Gasteiger partial charge is 0.337 e. The van der Waals surface area contributed by atoms with Gasteiger partial charge in [-0.25, -0.2) is 9.37 Å². The fraction of sp³-hybridized carbons (Fsp3) is 0.600. The summed E-state index contributed by atoms with van der Waals surface area (Å²) < 4.78 is 26.7. The highest BCUT2D eigenvalue weighted by Gasteiger charge is 2.49. The van der Waals surface area contributed by atoms with Gasteiger partial charge in [-0.15, -0.1) is 0 Å². The summed E-state index contributed by atoms with van der Waals surface area (Å²) in [6, 6.07) is 1.37. The molecule has 0 aromatic carbocycles. The number of carbonyl (C=O) groups is 1. The molecule has 1 spiro atoms. The summed E-state index contributed by atoms with van der Waals surface area (Å²) >= 11 is 0. The molecule has 0 unspecified atom stereocenters. The van der Waals surface area contributed by atoms with Crippen molar-refractivity contribution in [3.63, 3.8) is 0 Å². The molecule has 21 heavy (non-hydrogen) atoms. The second-order valence-electron chi connectivity index (χ2n) is 6.46. The minimum absolute atomic E-state index is 0.141. The van der Waals surface area contributed by atoms with Gasteiger partial charge in [0.05, 0.1) is 11.8 Å². The van der Waals surface area contributed by atoms with Crippen molar-refractivity contribution in [3.8, 4) is 0 Å². The normalized spacial score (nSPS) is 21.1. The second-order valence-corrected chi connectivity index (χ2v) is 6.46. The molecule has 0 aliphatic carbocycles. The summed E-state index contributed by atoms with van der Waals surface area (Å²) in [4.78, 5) is 19.4. The number of likely N-dealkylation sites (tertiary alicyclic amines) is 2. The molecular weight excluding hydrogens is 276 g/mol. The smallest absolute Gasteiger partial charge is 0.257 e. The van der Waals surface area contributed by atoms with E-state index in [1.807, 2.05) is 0 Å². The van der Waals surface area contributed by atoms with Crippen LogP contribution in [-0.4, -0.2) is 52.9 Å². The summed E-state index contributed by atoms with van der Waals surface area (Å²) in [5.74, 6) is -2.04. The molecule has 0 bridgehead atoms. The Labute approximate surface area is 122 Å². The molecule has 6 heteroatoms. The average Bonchev–Trinajstić information content (AvgIpc) is 2.84. The fourth-order valence-electron chi connectivity index (χ4n) is 3.32. The van der Waals surface area contributed by atoms with E-state index in [0.717, 1.165) is 31.8 Å². The molecule has 114 valence electrons. The lowest BCUT2D eigenvalue weighted by atomic mass is 9.78. The number of hydrogen-bond donors (Lipinski definition) is 0. The first-order chi connectivity index (χ1) is 9.90. The Kier molecular flexibility index (Phi) is 3.43. The van der Waals surface area contributed by atoms with E-state index < -0.39 is 17.7 Å². The molecule has 0 radical (unpaired) electrons. The van der Waals surface area contributed by atoms with Gasteiger partial charge in [0.2, 0.25) is 5.95 Å². The Morgan fingerprint density at radius 1 is 1.33 bits per heavy atom. The zero-order chi connectivity index (χ0) is 15.2. The molecule has 1 aromatic rings. The third-order valence-corrected chi connectivity index (χ3v) is 4.59. The quantitative estimate of drug-likeness (QED) is 0.782. The van der Waals surface area contributed by atoms with Crippen LogP contribution in [-0.2, 0) is 0 Å². The van der Waals surface area contributed by atoms with E-state index in [1.165, 1.54) is 0 Å². The molecule has 3 rings (SSSR count). The Morgan fingerprint density at radius 3 is 2.67 bits per heavy atom. The van der Waals surface area contributed by atoms with Gasteiger partial charge in [-0.05, 0) is 26.8 Å². The standard InChI is InChI=1S/C15H19F2N3O/c1-10(2)19-4-3-15(7-19)8-20(9-15)14(21)11-5-13(17)18-6-12(11)16/h5-6,10H,3-4,7-9H2,1-2H3. The lowest BCUT2D eigenvalue weighted by Gasteiger charge is -2.48. The first-order valence-electron chi connectivity index (χ1n) is 7.25. The molecule has 2 aliphatic heterocycles. The van der Waals surface area contributed by atoms with Crippen molar-refractivity contribution in [2.24, 2.45) is 5.41 Å². The zero-order valence-electron chi connectivity index (χ0n) is 12.3. The third kappa shape index (κ3) is 2.52. The maximum atomic E-state index is 13.6. The molecule has 2 aliphatic rings. The summed E-state index contributed by atoms with van der Waals surface area (Å²) in [5.41, 5.74) is -0.0850. The van der Waals surface area contributed by atoms with Gasteiger partial charge < -0.3 is 9.80 Å². The van der Waals surface area contributed by atoms with Gasteiger partial charge in [0.25, 0.3) is 5.91 Å². The Morgan fingerprint density at radius 2 is 2.05 bits per heavy atom. The van der Waals surface area contributed by atoms with Crippen LogP contribution in [0.4, 0.5) is 8.78 Å². The topological polar surface area (TPSA) is 36.4 Å². The van der Waals surface area contributed by atoms with Crippen LogP contribution in [0.1, 0.15) is 30.6 Å². The number of rotatable bonds is 2. The lowest BCUT2D eigenvalue weighted by Crippen LogP contribution is -2.59. The van der Waals surface area contributed by atoms with Crippen LogP contribution >= 0.6 is 0 Å². The number of amides is 1. The molecule has 1 aromatic heterocycles. The number of nitrogens with zero attached hydrogens (tertiary/aromatic N) is 3. The van der Waals surface area contributed by atoms with Gasteiger partial charge in [-0.2, -0.15) is 4.39 Å². The second kappa shape index (κ2) is 5.02. The minimum atomic E-state index is -0.832. The van der Waals surface area contributed by atoms with Crippen molar-refractivity contribution in [2.45, 2.75) is 26.3 Å². The molecule has 4 nitrogen and oxygen atoms in total. The molecule has 2 saturated heterocycles. The van der Waals surface area contributed by atoms with E-state index in [0.29, 0.717) is 19.1 Å². The van der Waals surface area contributed by atoms with Crippen molar-refractivity contribution < 1.29 is 13.6 Å². The van der Waals surface area contributed by atoms with Gasteiger partial charge in [-0.1, -0.05) is 0 Å². The van der Waals surface area contributed by atoms with Gasteiger partial charge in [0.15, 0.2) is 5.82 Å². The molecule has 0 N–H and O–H groups in total. The van der Waals surface area contributed by atoms with Crippen LogP contribution in [0.2, 0.25) is 0 Å². The fourth-order valence-corrected chi connectivity index (χ4v) is 3.32. The van der Waals surface area contributed by atoms with E-state index in [-0.39, 0.29) is 11.0 Å². The maximum absolute atomic E-state index is 13.6. The number of halogens is 2. The van der Waals surface area contributed by atoms with Crippen LogP contribution in [0.3, 0.4) is 0 Å². The van der Waals surface area contributed by atoms with Crippen molar-refractivity contribution in [2.75, 3.05) is 26.2 Å². The van der Waals surface area contributed by atoms with Crippen LogP contribution in [0, 0.1) is 17.2 Å². The van der Waals surface area contributed by atoms with Crippen LogP contribution in [0.15, 0.2) is 12.3 Å².